The molecule has 19 heavy (non-hydrogen) atoms. The summed E-state index contributed by atoms with van der Waals surface area (Å²) in [5.74, 6) is 1.00. The Balaban J connectivity index is 2.36. The zero-order valence-corrected chi connectivity index (χ0v) is 12.3. The van der Waals surface area contributed by atoms with Crippen molar-refractivity contribution in [3.8, 4) is 5.75 Å². The molecule has 0 saturated heterocycles. The third kappa shape index (κ3) is 6.59. The number of benzene rings is 1. The number of unbranched alkanes of at least 4 members (excludes halogenated alkanes) is 2. The van der Waals surface area contributed by atoms with Crippen molar-refractivity contribution in [1.82, 2.24) is 0 Å². The molecule has 0 saturated carbocycles. The Morgan fingerprint density at radius 2 is 2.00 bits per heavy atom. The molecular formula is C14H23NO3S. The van der Waals surface area contributed by atoms with E-state index in [4.69, 9.17) is 10.5 Å². The molecule has 1 rings (SSSR count). The van der Waals surface area contributed by atoms with Gasteiger partial charge in [-0.05, 0) is 24.1 Å². The van der Waals surface area contributed by atoms with Crippen LogP contribution in [0.15, 0.2) is 24.3 Å². The van der Waals surface area contributed by atoms with Crippen molar-refractivity contribution in [3.63, 3.8) is 0 Å². The second kappa shape index (κ2) is 8.17. The molecule has 0 unspecified atom stereocenters. The molecule has 0 aliphatic heterocycles. The third-order valence-corrected chi connectivity index (χ3v) is 4.56. The van der Waals surface area contributed by atoms with Gasteiger partial charge < -0.3 is 10.5 Å². The summed E-state index contributed by atoms with van der Waals surface area (Å²) in [6, 6.07) is 7.41. The fourth-order valence-electron chi connectivity index (χ4n) is 1.72. The van der Waals surface area contributed by atoms with Crippen LogP contribution in [0.1, 0.15) is 31.7 Å². The predicted molar refractivity (Wildman–Crippen MR) is 78.0 cm³/mol. The van der Waals surface area contributed by atoms with Gasteiger partial charge in [0.2, 0.25) is 0 Å². The molecule has 0 aromatic heterocycles. The normalized spacial score (nSPS) is 11.5. The minimum absolute atomic E-state index is 0.0730. The van der Waals surface area contributed by atoms with Crippen LogP contribution in [-0.4, -0.2) is 26.5 Å². The fourth-order valence-corrected chi connectivity index (χ4v) is 2.91. The van der Waals surface area contributed by atoms with E-state index in [1.807, 2.05) is 24.3 Å². The van der Waals surface area contributed by atoms with E-state index in [1.165, 1.54) is 0 Å². The Labute approximate surface area is 115 Å². The molecule has 0 bridgehead atoms. The zero-order valence-electron chi connectivity index (χ0n) is 11.5. The van der Waals surface area contributed by atoms with Gasteiger partial charge in [-0.2, -0.15) is 0 Å². The Morgan fingerprint density at radius 3 is 2.68 bits per heavy atom. The summed E-state index contributed by atoms with van der Waals surface area (Å²) in [4.78, 5) is 0. The van der Waals surface area contributed by atoms with E-state index in [-0.39, 0.29) is 18.1 Å². The Hall–Kier alpha value is -1.07. The standard InChI is InChI=1S/C14H23NO3S/c1-2-3-4-9-19(16,17)10-8-18-14-7-5-6-13(11-14)12-15/h5-7,11H,2-4,8-10,12,15H2,1H3. The smallest absolute Gasteiger partial charge is 0.153 e. The van der Waals surface area contributed by atoms with Gasteiger partial charge in [-0.3, -0.25) is 0 Å². The zero-order chi connectivity index (χ0) is 14.1. The lowest BCUT2D eigenvalue weighted by molar-refractivity contribution is 0.340. The molecule has 0 radical (unpaired) electrons. The van der Waals surface area contributed by atoms with Crippen LogP contribution in [-0.2, 0) is 16.4 Å². The molecule has 0 aliphatic carbocycles. The van der Waals surface area contributed by atoms with E-state index in [0.717, 1.165) is 24.8 Å². The fraction of sp³-hybridized carbons (Fsp3) is 0.571. The van der Waals surface area contributed by atoms with Crippen LogP contribution in [0.5, 0.6) is 5.75 Å². The van der Waals surface area contributed by atoms with Crippen molar-refractivity contribution < 1.29 is 13.2 Å². The molecule has 2 N–H and O–H groups in total. The van der Waals surface area contributed by atoms with E-state index >= 15 is 0 Å². The molecule has 4 nitrogen and oxygen atoms in total. The van der Waals surface area contributed by atoms with Crippen molar-refractivity contribution in [2.45, 2.75) is 32.7 Å². The second-order valence-electron chi connectivity index (χ2n) is 4.56. The molecule has 0 aliphatic rings. The second-order valence-corrected chi connectivity index (χ2v) is 6.86. The number of hydrogen-bond acceptors (Lipinski definition) is 4. The summed E-state index contributed by atoms with van der Waals surface area (Å²) >= 11 is 0. The van der Waals surface area contributed by atoms with Crippen LogP contribution in [0.3, 0.4) is 0 Å². The number of sulfone groups is 1. The van der Waals surface area contributed by atoms with Crippen molar-refractivity contribution in [1.29, 1.82) is 0 Å². The lowest BCUT2D eigenvalue weighted by Gasteiger charge is -2.08. The molecule has 0 amide bonds. The largest absolute Gasteiger partial charge is 0.493 e. The monoisotopic (exact) mass is 285 g/mol. The molecule has 108 valence electrons. The highest BCUT2D eigenvalue weighted by Gasteiger charge is 2.10. The summed E-state index contributed by atoms with van der Waals surface area (Å²) in [5.41, 5.74) is 6.51. The maximum atomic E-state index is 11.7. The van der Waals surface area contributed by atoms with Gasteiger partial charge in [-0.1, -0.05) is 31.9 Å². The summed E-state index contributed by atoms with van der Waals surface area (Å²) in [6.45, 7) is 2.70. The Kier molecular flexibility index (Phi) is 6.87. The van der Waals surface area contributed by atoms with Crippen LogP contribution in [0.2, 0.25) is 0 Å². The number of hydrogen-bond donors (Lipinski definition) is 1. The van der Waals surface area contributed by atoms with E-state index in [0.29, 0.717) is 12.3 Å². The summed E-state index contributed by atoms with van der Waals surface area (Å²) in [6.07, 6.45) is 2.72. The summed E-state index contributed by atoms with van der Waals surface area (Å²) in [5, 5.41) is 0. The molecule has 1 aromatic carbocycles. The van der Waals surface area contributed by atoms with Crippen molar-refractivity contribution >= 4 is 9.84 Å². The topological polar surface area (TPSA) is 69.4 Å². The van der Waals surface area contributed by atoms with Crippen LogP contribution in [0.4, 0.5) is 0 Å². The first-order chi connectivity index (χ1) is 9.07. The third-order valence-electron chi connectivity index (χ3n) is 2.86. The quantitative estimate of drug-likeness (QED) is 0.706. The van der Waals surface area contributed by atoms with Gasteiger partial charge in [0.25, 0.3) is 0 Å². The van der Waals surface area contributed by atoms with Gasteiger partial charge in [-0.15, -0.1) is 0 Å². The molecule has 0 atom stereocenters. The SMILES string of the molecule is CCCCCS(=O)(=O)CCOc1cccc(CN)c1. The van der Waals surface area contributed by atoms with Crippen molar-refractivity contribution in [3.05, 3.63) is 29.8 Å². The minimum atomic E-state index is -2.99. The highest BCUT2D eigenvalue weighted by molar-refractivity contribution is 7.91. The first-order valence-corrected chi connectivity index (χ1v) is 8.52. The maximum Gasteiger partial charge on any atom is 0.153 e. The van der Waals surface area contributed by atoms with Gasteiger partial charge in [-0.25, -0.2) is 8.42 Å². The van der Waals surface area contributed by atoms with E-state index in [1.54, 1.807) is 0 Å². The molecule has 0 heterocycles. The van der Waals surface area contributed by atoms with Crippen molar-refractivity contribution in [2.75, 3.05) is 18.1 Å². The number of ether oxygens (including phenoxy) is 1. The van der Waals surface area contributed by atoms with Gasteiger partial charge in [0.05, 0.1) is 11.5 Å². The summed E-state index contributed by atoms with van der Waals surface area (Å²) < 4.78 is 28.9. The Bertz CT molecular complexity index is 471. The molecule has 0 spiro atoms. The highest BCUT2D eigenvalue weighted by Crippen LogP contribution is 2.13. The number of nitrogens with two attached hydrogens (primary N) is 1. The van der Waals surface area contributed by atoms with Crippen LogP contribution >= 0.6 is 0 Å². The van der Waals surface area contributed by atoms with Gasteiger partial charge in [0.1, 0.15) is 12.4 Å². The minimum Gasteiger partial charge on any atom is -0.493 e. The van der Waals surface area contributed by atoms with E-state index in [9.17, 15) is 8.42 Å². The first-order valence-electron chi connectivity index (χ1n) is 6.69. The van der Waals surface area contributed by atoms with Gasteiger partial charge in [0.15, 0.2) is 9.84 Å². The average molecular weight is 285 g/mol. The van der Waals surface area contributed by atoms with Crippen LogP contribution < -0.4 is 10.5 Å². The average Bonchev–Trinajstić information content (AvgIpc) is 2.39. The highest BCUT2D eigenvalue weighted by atomic mass is 32.2. The van der Waals surface area contributed by atoms with E-state index < -0.39 is 9.84 Å². The molecule has 0 fully saturated rings. The van der Waals surface area contributed by atoms with Crippen LogP contribution in [0, 0.1) is 0 Å². The Morgan fingerprint density at radius 1 is 1.21 bits per heavy atom. The van der Waals surface area contributed by atoms with E-state index in [2.05, 4.69) is 6.92 Å². The predicted octanol–water partition coefficient (Wildman–Crippen LogP) is 2.13. The van der Waals surface area contributed by atoms with Crippen molar-refractivity contribution in [2.24, 2.45) is 5.73 Å². The van der Waals surface area contributed by atoms with Gasteiger partial charge in [0, 0.05) is 6.54 Å². The first kappa shape index (κ1) is 16.0. The number of rotatable bonds is 9. The molecular weight excluding hydrogens is 262 g/mol. The summed E-state index contributed by atoms with van der Waals surface area (Å²) in [7, 11) is -2.99. The maximum absolute atomic E-state index is 11.7. The lowest BCUT2D eigenvalue weighted by atomic mass is 10.2. The van der Waals surface area contributed by atoms with Gasteiger partial charge >= 0.3 is 0 Å². The molecule has 1 aromatic rings. The molecule has 5 heteroatoms. The van der Waals surface area contributed by atoms with Crippen LogP contribution in [0.25, 0.3) is 0 Å². The lowest BCUT2D eigenvalue weighted by Crippen LogP contribution is -2.17.